The molecule has 6 heteroatoms. The van der Waals surface area contributed by atoms with Gasteiger partial charge in [-0.2, -0.15) is 0 Å². The van der Waals surface area contributed by atoms with Gasteiger partial charge in [-0.25, -0.2) is 0 Å². The van der Waals surface area contributed by atoms with Crippen molar-refractivity contribution in [1.82, 2.24) is 10.2 Å². The minimum absolute atomic E-state index is 0.156. The van der Waals surface area contributed by atoms with Crippen molar-refractivity contribution in [3.63, 3.8) is 0 Å². The zero-order chi connectivity index (χ0) is 12.1. The first-order chi connectivity index (χ1) is 8.28. The fourth-order valence-electron chi connectivity index (χ4n) is 1.32. The lowest BCUT2D eigenvalue weighted by Crippen LogP contribution is -1.95. The molecule has 0 aliphatic carbocycles. The van der Waals surface area contributed by atoms with Crippen LogP contribution in [0.5, 0.6) is 5.75 Å². The third-order valence-electron chi connectivity index (χ3n) is 2.13. The van der Waals surface area contributed by atoms with Gasteiger partial charge in [0.25, 0.3) is 0 Å². The van der Waals surface area contributed by atoms with Gasteiger partial charge in [-0.15, -0.1) is 10.2 Å². The van der Waals surface area contributed by atoms with Crippen molar-refractivity contribution >= 4 is 22.9 Å². The molecule has 0 spiro atoms. The van der Waals surface area contributed by atoms with Crippen LogP contribution >= 0.6 is 22.9 Å². The van der Waals surface area contributed by atoms with Crippen LogP contribution < -0.4 is 4.74 Å². The van der Waals surface area contributed by atoms with Crippen molar-refractivity contribution < 1.29 is 9.84 Å². The van der Waals surface area contributed by atoms with E-state index in [9.17, 15) is 0 Å². The zero-order valence-corrected chi connectivity index (χ0v) is 10.5. The molecule has 0 radical (unpaired) electrons. The number of hydrogen-bond donors (Lipinski definition) is 1. The van der Waals surface area contributed by atoms with E-state index in [1.807, 2.05) is 24.3 Å². The Morgan fingerprint density at radius 1 is 1.24 bits per heavy atom. The number of rotatable bonds is 5. The zero-order valence-electron chi connectivity index (χ0n) is 8.97. The van der Waals surface area contributed by atoms with Crippen molar-refractivity contribution in [1.29, 1.82) is 0 Å². The first-order valence-corrected chi connectivity index (χ1v) is 6.28. The van der Waals surface area contributed by atoms with Gasteiger partial charge in [0, 0.05) is 6.61 Å². The Morgan fingerprint density at radius 3 is 2.59 bits per heavy atom. The van der Waals surface area contributed by atoms with Gasteiger partial charge in [0.2, 0.25) is 4.47 Å². The number of ether oxygens (including phenoxy) is 1. The highest BCUT2D eigenvalue weighted by molar-refractivity contribution is 7.15. The van der Waals surface area contributed by atoms with E-state index >= 15 is 0 Å². The molecule has 0 fully saturated rings. The predicted molar refractivity (Wildman–Crippen MR) is 66.5 cm³/mol. The molecule has 0 aliphatic rings. The number of aliphatic hydroxyl groups excluding tert-OH is 1. The second-order valence-electron chi connectivity index (χ2n) is 3.35. The number of nitrogens with zero attached hydrogens (tertiary/aromatic N) is 2. The number of halogens is 1. The predicted octanol–water partition coefficient (Wildman–Crippen LogP) is 2.31. The Morgan fingerprint density at radius 2 is 2.00 bits per heavy atom. The summed E-state index contributed by atoms with van der Waals surface area (Å²) in [6, 6.07) is 7.60. The highest BCUT2D eigenvalue weighted by Crippen LogP contribution is 2.18. The van der Waals surface area contributed by atoms with Crippen molar-refractivity contribution in [3.8, 4) is 5.75 Å². The molecule has 1 aromatic carbocycles. The topological polar surface area (TPSA) is 55.2 Å². The molecule has 4 nitrogen and oxygen atoms in total. The fourth-order valence-corrected chi connectivity index (χ4v) is 2.10. The van der Waals surface area contributed by atoms with E-state index < -0.39 is 0 Å². The van der Waals surface area contributed by atoms with Gasteiger partial charge in [-0.3, -0.25) is 0 Å². The molecule has 2 rings (SSSR count). The maximum absolute atomic E-state index is 8.79. The van der Waals surface area contributed by atoms with Crippen LogP contribution in [0, 0.1) is 0 Å². The van der Waals surface area contributed by atoms with Crippen molar-refractivity contribution in [3.05, 3.63) is 39.3 Å². The number of aliphatic hydroxyl groups is 1. The van der Waals surface area contributed by atoms with Crippen LogP contribution in [0.15, 0.2) is 24.3 Å². The van der Waals surface area contributed by atoms with Crippen LogP contribution in [0.3, 0.4) is 0 Å². The summed E-state index contributed by atoms with van der Waals surface area (Å²) < 4.78 is 5.94. The first-order valence-electron chi connectivity index (χ1n) is 5.08. The number of hydrogen-bond acceptors (Lipinski definition) is 5. The van der Waals surface area contributed by atoms with Gasteiger partial charge in [-0.05, 0) is 35.7 Å². The lowest BCUT2D eigenvalue weighted by molar-refractivity contribution is 0.298. The van der Waals surface area contributed by atoms with E-state index in [4.69, 9.17) is 21.4 Å². The second kappa shape index (κ2) is 5.95. The van der Waals surface area contributed by atoms with E-state index in [-0.39, 0.29) is 6.61 Å². The quantitative estimate of drug-likeness (QED) is 0.906. The van der Waals surface area contributed by atoms with Gasteiger partial charge in [0.05, 0.1) is 0 Å². The molecule has 2 aromatic rings. The minimum Gasteiger partial charge on any atom is -0.486 e. The van der Waals surface area contributed by atoms with Gasteiger partial charge in [0.15, 0.2) is 5.01 Å². The Kier molecular flexibility index (Phi) is 4.30. The normalized spacial score (nSPS) is 10.5. The average molecular weight is 271 g/mol. The van der Waals surface area contributed by atoms with Crippen molar-refractivity contribution in [2.24, 2.45) is 0 Å². The van der Waals surface area contributed by atoms with Crippen LogP contribution in [-0.2, 0) is 13.0 Å². The van der Waals surface area contributed by atoms with E-state index in [0.717, 1.165) is 16.3 Å². The maximum atomic E-state index is 8.79. The third-order valence-corrected chi connectivity index (χ3v) is 3.12. The molecule has 0 aliphatic heterocycles. The molecular formula is C11H11ClN2O2S. The summed E-state index contributed by atoms with van der Waals surface area (Å²) in [5.41, 5.74) is 1.08. The largest absolute Gasteiger partial charge is 0.486 e. The highest BCUT2D eigenvalue weighted by atomic mass is 35.5. The van der Waals surface area contributed by atoms with Gasteiger partial charge in [0.1, 0.15) is 12.4 Å². The first kappa shape index (κ1) is 12.3. The fraction of sp³-hybridized carbons (Fsp3) is 0.273. The average Bonchev–Trinajstić information content (AvgIpc) is 2.75. The van der Waals surface area contributed by atoms with Crippen LogP contribution in [0.2, 0.25) is 4.47 Å². The Hall–Kier alpha value is -1.17. The SMILES string of the molecule is OCCc1ccc(OCc2nnc(Cl)s2)cc1. The summed E-state index contributed by atoms with van der Waals surface area (Å²) in [6.07, 6.45) is 0.659. The summed E-state index contributed by atoms with van der Waals surface area (Å²) in [7, 11) is 0. The van der Waals surface area contributed by atoms with Gasteiger partial charge < -0.3 is 9.84 Å². The van der Waals surface area contributed by atoms with E-state index in [1.54, 1.807) is 0 Å². The number of aromatic nitrogens is 2. The Bertz CT molecular complexity index is 473. The molecule has 0 saturated heterocycles. The highest BCUT2D eigenvalue weighted by Gasteiger charge is 2.02. The molecular weight excluding hydrogens is 260 g/mol. The van der Waals surface area contributed by atoms with Gasteiger partial charge in [-0.1, -0.05) is 23.5 Å². The minimum atomic E-state index is 0.156. The summed E-state index contributed by atoms with van der Waals surface area (Å²) in [4.78, 5) is 0. The van der Waals surface area contributed by atoms with E-state index in [0.29, 0.717) is 17.5 Å². The van der Waals surface area contributed by atoms with Gasteiger partial charge >= 0.3 is 0 Å². The monoisotopic (exact) mass is 270 g/mol. The lowest BCUT2D eigenvalue weighted by atomic mass is 10.1. The summed E-state index contributed by atoms with van der Waals surface area (Å²) >= 11 is 6.97. The molecule has 1 aromatic heterocycles. The Labute approximate surface area is 108 Å². The molecule has 0 unspecified atom stereocenters. The molecule has 1 heterocycles. The Balaban J connectivity index is 1.90. The van der Waals surface area contributed by atoms with E-state index in [2.05, 4.69) is 10.2 Å². The summed E-state index contributed by atoms with van der Waals surface area (Å²) in [5, 5.41) is 17.1. The van der Waals surface area contributed by atoms with Crippen LogP contribution in [-0.4, -0.2) is 21.9 Å². The number of benzene rings is 1. The van der Waals surface area contributed by atoms with Crippen LogP contribution in [0.4, 0.5) is 0 Å². The smallest absolute Gasteiger partial charge is 0.207 e. The molecule has 0 bridgehead atoms. The lowest BCUT2D eigenvalue weighted by Gasteiger charge is -2.04. The molecule has 0 saturated carbocycles. The standard InChI is InChI=1S/C11H11ClN2O2S/c12-11-14-13-10(17-11)7-16-9-3-1-8(2-4-9)5-6-15/h1-4,15H,5-7H2. The summed E-state index contributed by atoms with van der Waals surface area (Å²) in [5.74, 6) is 0.762. The second-order valence-corrected chi connectivity index (χ2v) is 5.00. The van der Waals surface area contributed by atoms with Crippen molar-refractivity contribution in [2.45, 2.75) is 13.0 Å². The summed E-state index contributed by atoms with van der Waals surface area (Å²) in [6.45, 7) is 0.521. The molecule has 1 N–H and O–H groups in total. The van der Waals surface area contributed by atoms with Crippen molar-refractivity contribution in [2.75, 3.05) is 6.61 Å². The van der Waals surface area contributed by atoms with E-state index in [1.165, 1.54) is 11.3 Å². The molecule has 0 atom stereocenters. The maximum Gasteiger partial charge on any atom is 0.207 e. The molecule has 90 valence electrons. The van der Waals surface area contributed by atoms with Crippen LogP contribution in [0.1, 0.15) is 10.6 Å². The molecule has 17 heavy (non-hydrogen) atoms. The third kappa shape index (κ3) is 3.66. The van der Waals surface area contributed by atoms with Crippen LogP contribution in [0.25, 0.3) is 0 Å². The molecule has 0 amide bonds.